The summed E-state index contributed by atoms with van der Waals surface area (Å²) < 4.78 is 0. The molecule has 0 aromatic carbocycles. The molecule has 138 valence electrons. The molecular formula is C18H24N6OS. The van der Waals surface area contributed by atoms with Gasteiger partial charge in [-0.25, -0.2) is 15.0 Å². The zero-order valence-electron chi connectivity index (χ0n) is 14.7. The van der Waals surface area contributed by atoms with Gasteiger partial charge in [0.1, 0.15) is 0 Å². The Morgan fingerprint density at radius 1 is 1.31 bits per heavy atom. The van der Waals surface area contributed by atoms with E-state index in [0.717, 1.165) is 56.0 Å². The van der Waals surface area contributed by atoms with Crippen molar-refractivity contribution in [1.82, 2.24) is 30.9 Å². The number of nitrogens with one attached hydrogen (secondary N) is 3. The second kappa shape index (κ2) is 7.77. The monoisotopic (exact) mass is 372 g/mol. The highest BCUT2D eigenvalue weighted by Crippen LogP contribution is 2.37. The number of thiazole rings is 1. The average Bonchev–Trinajstić information content (AvgIpc) is 3.31. The summed E-state index contributed by atoms with van der Waals surface area (Å²) in [6, 6.07) is 1.73. The van der Waals surface area contributed by atoms with Crippen LogP contribution in [0, 0.1) is 5.41 Å². The maximum Gasteiger partial charge on any atom is 0.237 e. The lowest BCUT2D eigenvalue weighted by Crippen LogP contribution is -2.41. The minimum atomic E-state index is -0.0585. The zero-order valence-corrected chi connectivity index (χ0v) is 15.5. The minimum absolute atomic E-state index is 0.0585. The van der Waals surface area contributed by atoms with Crippen molar-refractivity contribution < 1.29 is 4.79 Å². The predicted molar refractivity (Wildman–Crippen MR) is 101 cm³/mol. The maximum absolute atomic E-state index is 12.5. The smallest absolute Gasteiger partial charge is 0.237 e. The van der Waals surface area contributed by atoms with Gasteiger partial charge in [-0.1, -0.05) is 0 Å². The summed E-state index contributed by atoms with van der Waals surface area (Å²) in [6.45, 7) is 3.68. The van der Waals surface area contributed by atoms with E-state index >= 15 is 0 Å². The molecule has 3 N–H and O–H groups in total. The third-order valence-electron chi connectivity index (χ3n) is 5.33. The van der Waals surface area contributed by atoms with Gasteiger partial charge >= 0.3 is 0 Å². The lowest BCUT2D eigenvalue weighted by atomic mass is 9.77. The first kappa shape index (κ1) is 17.5. The molecule has 0 aliphatic carbocycles. The number of piperidine rings is 1. The van der Waals surface area contributed by atoms with Gasteiger partial charge in [0.2, 0.25) is 5.91 Å². The van der Waals surface area contributed by atoms with Gasteiger partial charge in [-0.2, -0.15) is 0 Å². The maximum atomic E-state index is 12.5. The van der Waals surface area contributed by atoms with E-state index in [1.807, 2.05) is 5.38 Å². The van der Waals surface area contributed by atoms with Gasteiger partial charge in [0.05, 0.1) is 11.7 Å². The first-order chi connectivity index (χ1) is 12.7. The van der Waals surface area contributed by atoms with Crippen LogP contribution in [0.4, 0.5) is 0 Å². The van der Waals surface area contributed by atoms with Crippen LogP contribution in [0.5, 0.6) is 0 Å². The molecule has 2 fully saturated rings. The molecule has 2 aliphatic heterocycles. The van der Waals surface area contributed by atoms with Crippen LogP contribution in [0.25, 0.3) is 10.8 Å². The van der Waals surface area contributed by atoms with E-state index < -0.39 is 0 Å². The number of carbonyl (C=O) groups is 1. The van der Waals surface area contributed by atoms with Crippen molar-refractivity contribution in [3.8, 4) is 10.8 Å². The summed E-state index contributed by atoms with van der Waals surface area (Å²) >= 11 is 1.53. The normalized spacial score (nSPS) is 21.8. The Kier molecular flexibility index (Phi) is 5.23. The van der Waals surface area contributed by atoms with E-state index in [2.05, 4.69) is 30.9 Å². The molecule has 1 atom stereocenters. The summed E-state index contributed by atoms with van der Waals surface area (Å²) in [4.78, 5) is 25.5. The van der Waals surface area contributed by atoms with Gasteiger partial charge in [0.15, 0.2) is 10.8 Å². The molecule has 4 heterocycles. The molecule has 7 nitrogen and oxygen atoms in total. The van der Waals surface area contributed by atoms with Crippen LogP contribution in [0.3, 0.4) is 0 Å². The van der Waals surface area contributed by atoms with E-state index in [1.165, 1.54) is 11.3 Å². The molecule has 0 bridgehead atoms. The molecule has 1 spiro atoms. The summed E-state index contributed by atoms with van der Waals surface area (Å²) in [5, 5.41) is 12.7. The highest BCUT2D eigenvalue weighted by Gasteiger charge is 2.41. The van der Waals surface area contributed by atoms with Crippen molar-refractivity contribution in [3.05, 3.63) is 29.5 Å². The first-order valence-electron chi connectivity index (χ1n) is 9.18. The number of hydrogen-bond donors (Lipinski definition) is 3. The van der Waals surface area contributed by atoms with Crippen LogP contribution in [-0.2, 0) is 11.2 Å². The fourth-order valence-electron chi connectivity index (χ4n) is 3.81. The van der Waals surface area contributed by atoms with E-state index in [-0.39, 0.29) is 11.9 Å². The second-order valence-corrected chi connectivity index (χ2v) is 8.00. The fourth-order valence-corrected chi connectivity index (χ4v) is 4.61. The molecule has 0 radical (unpaired) electrons. The van der Waals surface area contributed by atoms with E-state index in [1.54, 1.807) is 18.5 Å². The van der Waals surface area contributed by atoms with Crippen molar-refractivity contribution in [2.45, 2.75) is 31.7 Å². The minimum Gasteiger partial charge on any atom is -0.354 e. The largest absolute Gasteiger partial charge is 0.354 e. The third-order valence-corrected chi connectivity index (χ3v) is 6.22. The molecule has 2 saturated heterocycles. The van der Waals surface area contributed by atoms with Crippen LogP contribution in [0.15, 0.2) is 23.8 Å². The van der Waals surface area contributed by atoms with Crippen LogP contribution in [-0.4, -0.2) is 53.1 Å². The molecule has 0 saturated carbocycles. The summed E-state index contributed by atoms with van der Waals surface area (Å²) in [5.41, 5.74) is 1.28. The summed E-state index contributed by atoms with van der Waals surface area (Å²) in [7, 11) is 0. The molecule has 26 heavy (non-hydrogen) atoms. The number of hydrogen-bond acceptors (Lipinski definition) is 7. The third kappa shape index (κ3) is 3.92. The number of aromatic nitrogens is 3. The molecule has 8 heteroatoms. The molecule has 0 unspecified atom stereocenters. The van der Waals surface area contributed by atoms with Crippen molar-refractivity contribution >= 4 is 17.2 Å². The number of amides is 1. The van der Waals surface area contributed by atoms with Crippen molar-refractivity contribution in [3.63, 3.8) is 0 Å². The molecule has 1 amide bonds. The predicted octanol–water partition coefficient (Wildman–Crippen LogP) is 0.990. The average molecular weight is 372 g/mol. The molecule has 2 aromatic rings. The number of carbonyl (C=O) groups excluding carboxylic acids is 1. The molecular weight excluding hydrogens is 348 g/mol. The first-order valence-corrected chi connectivity index (χ1v) is 10.1. The van der Waals surface area contributed by atoms with E-state index in [0.29, 0.717) is 17.8 Å². The zero-order chi connectivity index (χ0) is 17.8. The number of rotatable bonds is 5. The van der Waals surface area contributed by atoms with Gasteiger partial charge in [0, 0.05) is 37.3 Å². The Labute approximate surface area is 157 Å². The molecule has 2 aromatic heterocycles. The molecule has 4 rings (SSSR count). The van der Waals surface area contributed by atoms with Gasteiger partial charge < -0.3 is 16.0 Å². The summed E-state index contributed by atoms with van der Waals surface area (Å²) in [6.07, 6.45) is 7.42. The van der Waals surface area contributed by atoms with Crippen LogP contribution in [0.2, 0.25) is 0 Å². The fraction of sp³-hybridized carbons (Fsp3) is 0.556. The number of nitrogens with zero attached hydrogens (tertiary/aromatic N) is 3. The highest BCUT2D eigenvalue weighted by molar-refractivity contribution is 7.13. The van der Waals surface area contributed by atoms with Gasteiger partial charge in [0.25, 0.3) is 0 Å². The van der Waals surface area contributed by atoms with Crippen molar-refractivity contribution in [2.24, 2.45) is 5.41 Å². The molecule has 2 aliphatic rings. The topological polar surface area (TPSA) is 91.8 Å². The van der Waals surface area contributed by atoms with Gasteiger partial charge in [-0.3, -0.25) is 4.79 Å². The van der Waals surface area contributed by atoms with Crippen LogP contribution < -0.4 is 16.0 Å². The van der Waals surface area contributed by atoms with Crippen LogP contribution in [0.1, 0.15) is 25.0 Å². The Morgan fingerprint density at radius 2 is 2.12 bits per heavy atom. The lowest BCUT2D eigenvalue weighted by Gasteiger charge is -2.33. The van der Waals surface area contributed by atoms with Crippen molar-refractivity contribution in [1.29, 1.82) is 0 Å². The Morgan fingerprint density at radius 3 is 2.92 bits per heavy atom. The van der Waals surface area contributed by atoms with Crippen molar-refractivity contribution in [2.75, 3.05) is 26.2 Å². The Bertz CT molecular complexity index is 743. The standard InChI is InChI=1S/C18H24N6OS/c25-16(14-10-18(12-23-14)3-8-19-9-4-18)22-7-2-13-11-26-17(24-13)15-20-5-1-6-21-15/h1,5-6,11,14,19,23H,2-4,7-10,12H2,(H,22,25)/t14-/m0/s1. The lowest BCUT2D eigenvalue weighted by molar-refractivity contribution is -0.122. The van der Waals surface area contributed by atoms with Gasteiger partial charge in [-0.15, -0.1) is 11.3 Å². The highest BCUT2D eigenvalue weighted by atomic mass is 32.1. The van der Waals surface area contributed by atoms with E-state index in [4.69, 9.17) is 0 Å². The van der Waals surface area contributed by atoms with Crippen LogP contribution >= 0.6 is 11.3 Å². The second-order valence-electron chi connectivity index (χ2n) is 7.15. The Balaban J connectivity index is 1.25. The quantitative estimate of drug-likeness (QED) is 0.725. The van der Waals surface area contributed by atoms with Gasteiger partial charge in [-0.05, 0) is 43.8 Å². The van der Waals surface area contributed by atoms with E-state index in [9.17, 15) is 4.79 Å². The SMILES string of the molecule is O=C(NCCc1csc(-c2ncccn2)n1)[C@@H]1CC2(CCNCC2)CN1. The summed E-state index contributed by atoms with van der Waals surface area (Å²) in [5.74, 6) is 0.762. The Hall–Kier alpha value is -1.90.